The number of rotatable bonds is 3. The van der Waals surface area contributed by atoms with E-state index in [1.807, 2.05) is 0 Å². The molecule has 0 saturated carbocycles. The Morgan fingerprint density at radius 1 is 1.56 bits per heavy atom. The molecule has 88 valence electrons. The van der Waals surface area contributed by atoms with E-state index in [1.54, 1.807) is 0 Å². The quantitative estimate of drug-likeness (QED) is 0.832. The number of halogens is 3. The molecule has 0 radical (unpaired) electrons. The average molecular weight is 234 g/mol. The lowest BCUT2D eigenvalue weighted by Crippen LogP contribution is -2.21. The molecule has 1 atom stereocenters. The zero-order valence-corrected chi connectivity index (χ0v) is 8.03. The molecule has 0 aliphatic heterocycles. The van der Waals surface area contributed by atoms with Gasteiger partial charge in [-0.15, -0.1) is 0 Å². The van der Waals surface area contributed by atoms with Gasteiger partial charge in [0.1, 0.15) is 0 Å². The third-order valence-electron chi connectivity index (χ3n) is 1.89. The van der Waals surface area contributed by atoms with Crippen LogP contribution in [0.4, 0.5) is 13.2 Å². The first kappa shape index (κ1) is 12.4. The molecule has 1 rings (SSSR count). The summed E-state index contributed by atoms with van der Waals surface area (Å²) in [5.41, 5.74) is 3.91. The Hall–Kier alpha value is -1.63. The number of aromatic nitrogens is 1. The first-order valence-corrected chi connectivity index (χ1v) is 4.32. The van der Waals surface area contributed by atoms with E-state index in [9.17, 15) is 18.0 Å². The van der Waals surface area contributed by atoms with Crippen molar-refractivity contribution in [1.82, 2.24) is 4.98 Å². The fourth-order valence-electron chi connectivity index (χ4n) is 1.24. The summed E-state index contributed by atoms with van der Waals surface area (Å²) in [4.78, 5) is 13.8. The van der Waals surface area contributed by atoms with E-state index in [2.05, 4.69) is 4.98 Å². The van der Waals surface area contributed by atoms with E-state index >= 15 is 0 Å². The molecule has 0 aliphatic rings. The van der Waals surface area contributed by atoms with Gasteiger partial charge in [0.15, 0.2) is 0 Å². The predicted molar refractivity (Wildman–Crippen MR) is 48.4 cm³/mol. The molecule has 0 fully saturated rings. The highest BCUT2D eigenvalue weighted by Crippen LogP contribution is 2.33. The Kier molecular flexibility index (Phi) is 3.48. The summed E-state index contributed by atoms with van der Waals surface area (Å²) in [6.07, 6.45) is -4.04. The van der Waals surface area contributed by atoms with Crippen molar-refractivity contribution in [2.24, 2.45) is 5.73 Å². The molecule has 0 bridgehead atoms. The van der Waals surface area contributed by atoms with Crippen molar-refractivity contribution in [1.29, 1.82) is 0 Å². The SMILES string of the molecule is NC(CC(=O)O)c1ncccc1C(F)(F)F. The third kappa shape index (κ3) is 2.93. The zero-order chi connectivity index (χ0) is 12.3. The van der Waals surface area contributed by atoms with Crippen LogP contribution in [-0.2, 0) is 11.0 Å². The largest absolute Gasteiger partial charge is 0.481 e. The second-order valence-corrected chi connectivity index (χ2v) is 3.14. The molecular weight excluding hydrogens is 225 g/mol. The number of nitrogens with two attached hydrogens (primary N) is 1. The Morgan fingerprint density at radius 2 is 2.19 bits per heavy atom. The summed E-state index contributed by atoms with van der Waals surface area (Å²) in [6.45, 7) is 0. The van der Waals surface area contributed by atoms with Gasteiger partial charge in [0.05, 0.1) is 23.7 Å². The standard InChI is InChI=1S/C9H9F3N2O2/c10-9(11,12)5-2-1-3-14-8(5)6(13)4-7(15)16/h1-3,6H,4,13H2,(H,15,16). The summed E-state index contributed by atoms with van der Waals surface area (Å²) < 4.78 is 37.5. The smallest absolute Gasteiger partial charge is 0.418 e. The van der Waals surface area contributed by atoms with E-state index in [-0.39, 0.29) is 0 Å². The Labute approximate surface area is 88.9 Å². The molecule has 0 saturated heterocycles. The van der Waals surface area contributed by atoms with Gasteiger partial charge < -0.3 is 10.8 Å². The van der Waals surface area contributed by atoms with Crippen molar-refractivity contribution in [3.63, 3.8) is 0 Å². The number of carbonyl (C=O) groups is 1. The number of alkyl halides is 3. The van der Waals surface area contributed by atoms with Crippen molar-refractivity contribution >= 4 is 5.97 Å². The summed E-state index contributed by atoms with van der Waals surface area (Å²) in [6, 6.07) is 0.680. The van der Waals surface area contributed by atoms with Crippen LogP contribution in [-0.4, -0.2) is 16.1 Å². The Balaban J connectivity index is 3.08. The van der Waals surface area contributed by atoms with E-state index < -0.39 is 35.9 Å². The first-order valence-electron chi connectivity index (χ1n) is 4.32. The molecule has 0 aromatic carbocycles. The van der Waals surface area contributed by atoms with Crippen molar-refractivity contribution in [3.05, 3.63) is 29.6 Å². The molecule has 1 aromatic rings. The zero-order valence-electron chi connectivity index (χ0n) is 8.03. The number of hydrogen-bond acceptors (Lipinski definition) is 3. The van der Waals surface area contributed by atoms with E-state index in [0.717, 1.165) is 18.3 Å². The molecule has 1 heterocycles. The van der Waals surface area contributed by atoms with Crippen molar-refractivity contribution in [3.8, 4) is 0 Å². The van der Waals surface area contributed by atoms with Crippen molar-refractivity contribution in [2.45, 2.75) is 18.6 Å². The molecule has 0 spiro atoms. The summed E-state index contributed by atoms with van der Waals surface area (Å²) in [7, 11) is 0. The van der Waals surface area contributed by atoms with Crippen LogP contribution < -0.4 is 5.73 Å². The van der Waals surface area contributed by atoms with Gasteiger partial charge in [0.2, 0.25) is 0 Å². The van der Waals surface area contributed by atoms with Gasteiger partial charge in [-0.2, -0.15) is 13.2 Å². The topological polar surface area (TPSA) is 76.2 Å². The molecule has 1 aromatic heterocycles. The van der Waals surface area contributed by atoms with Gasteiger partial charge in [-0.3, -0.25) is 9.78 Å². The number of pyridine rings is 1. The minimum absolute atomic E-state index is 0.447. The predicted octanol–water partition coefficient (Wildman–Crippen LogP) is 1.57. The van der Waals surface area contributed by atoms with Crippen LogP contribution in [0.1, 0.15) is 23.7 Å². The van der Waals surface area contributed by atoms with Gasteiger partial charge in [-0.05, 0) is 12.1 Å². The highest BCUT2D eigenvalue weighted by Gasteiger charge is 2.35. The van der Waals surface area contributed by atoms with Crippen LogP contribution in [0.3, 0.4) is 0 Å². The number of carboxylic acid groups (broad SMARTS) is 1. The molecule has 4 nitrogen and oxygen atoms in total. The van der Waals surface area contributed by atoms with Gasteiger partial charge >= 0.3 is 12.1 Å². The highest BCUT2D eigenvalue weighted by atomic mass is 19.4. The maximum atomic E-state index is 12.5. The van der Waals surface area contributed by atoms with E-state index in [1.165, 1.54) is 0 Å². The molecule has 16 heavy (non-hydrogen) atoms. The molecule has 7 heteroatoms. The van der Waals surface area contributed by atoms with Gasteiger partial charge in [-0.25, -0.2) is 0 Å². The first-order chi connectivity index (χ1) is 7.32. The van der Waals surface area contributed by atoms with E-state index in [4.69, 9.17) is 10.8 Å². The molecule has 0 aliphatic carbocycles. The molecular formula is C9H9F3N2O2. The molecule has 0 amide bonds. The number of nitrogens with zero attached hydrogens (tertiary/aromatic N) is 1. The molecule has 1 unspecified atom stereocenters. The van der Waals surface area contributed by atoms with E-state index in [0.29, 0.717) is 0 Å². The lowest BCUT2D eigenvalue weighted by Gasteiger charge is -2.15. The van der Waals surface area contributed by atoms with Crippen LogP contribution in [0.2, 0.25) is 0 Å². The second-order valence-electron chi connectivity index (χ2n) is 3.14. The van der Waals surface area contributed by atoms with Gasteiger partial charge in [0.25, 0.3) is 0 Å². The third-order valence-corrected chi connectivity index (χ3v) is 1.89. The monoisotopic (exact) mass is 234 g/mol. The van der Waals surface area contributed by atoms with Crippen LogP contribution in [0.15, 0.2) is 18.3 Å². The minimum atomic E-state index is -4.58. The molecule has 3 N–H and O–H groups in total. The number of aliphatic carboxylic acids is 1. The van der Waals surface area contributed by atoms with Crippen LogP contribution in [0.5, 0.6) is 0 Å². The summed E-state index contributed by atoms with van der Waals surface area (Å²) in [5.74, 6) is -1.27. The lowest BCUT2D eigenvalue weighted by molar-refractivity contribution is -0.141. The van der Waals surface area contributed by atoms with Gasteiger partial charge in [-0.1, -0.05) is 0 Å². The maximum absolute atomic E-state index is 12.5. The van der Waals surface area contributed by atoms with Gasteiger partial charge in [0, 0.05) is 6.20 Å². The summed E-state index contributed by atoms with van der Waals surface area (Å²) in [5, 5.41) is 8.45. The fraction of sp³-hybridized carbons (Fsp3) is 0.333. The normalized spacial score (nSPS) is 13.5. The number of hydrogen-bond donors (Lipinski definition) is 2. The minimum Gasteiger partial charge on any atom is -0.481 e. The van der Waals surface area contributed by atoms with Crippen LogP contribution in [0.25, 0.3) is 0 Å². The number of carboxylic acids is 1. The second kappa shape index (κ2) is 4.48. The lowest BCUT2D eigenvalue weighted by atomic mass is 10.0. The average Bonchev–Trinajstić information content (AvgIpc) is 2.15. The fourth-order valence-corrected chi connectivity index (χ4v) is 1.24. The maximum Gasteiger partial charge on any atom is 0.418 e. The highest BCUT2D eigenvalue weighted by molar-refractivity contribution is 5.67. The van der Waals surface area contributed by atoms with Crippen molar-refractivity contribution < 1.29 is 23.1 Å². The van der Waals surface area contributed by atoms with Crippen LogP contribution in [0, 0.1) is 0 Å². The van der Waals surface area contributed by atoms with Crippen LogP contribution >= 0.6 is 0 Å². The summed E-state index contributed by atoms with van der Waals surface area (Å²) >= 11 is 0. The Morgan fingerprint density at radius 3 is 2.69 bits per heavy atom. The van der Waals surface area contributed by atoms with Crippen molar-refractivity contribution in [2.75, 3.05) is 0 Å². The Bertz CT molecular complexity index is 393.